The monoisotopic (exact) mass is 283 g/mol. The third-order valence-corrected chi connectivity index (χ3v) is 3.57. The van der Waals surface area contributed by atoms with E-state index in [1.54, 1.807) is 6.07 Å². The van der Waals surface area contributed by atoms with Crippen LogP contribution in [0.1, 0.15) is 23.2 Å². The van der Waals surface area contributed by atoms with Crippen LogP contribution in [-0.4, -0.2) is 42.2 Å². The molecule has 0 aliphatic carbocycles. The number of nitrogen functional groups attached to an aromatic ring is 1. The molecular formula is C13H18ClN3O2. The number of nitrogens with zero attached hydrogens (tertiary/aromatic N) is 1. The van der Waals surface area contributed by atoms with E-state index in [1.807, 2.05) is 0 Å². The van der Waals surface area contributed by atoms with E-state index < -0.39 is 5.97 Å². The zero-order valence-electron chi connectivity index (χ0n) is 10.7. The van der Waals surface area contributed by atoms with Gasteiger partial charge >= 0.3 is 5.97 Å². The molecule has 6 heteroatoms. The van der Waals surface area contributed by atoms with Crippen molar-refractivity contribution in [3.05, 3.63) is 22.7 Å². The van der Waals surface area contributed by atoms with Gasteiger partial charge in [-0.25, -0.2) is 4.79 Å². The largest absolute Gasteiger partial charge is 0.478 e. The zero-order valence-corrected chi connectivity index (χ0v) is 11.4. The van der Waals surface area contributed by atoms with Gasteiger partial charge in [0, 0.05) is 18.8 Å². The number of halogens is 1. The number of anilines is 2. The van der Waals surface area contributed by atoms with Crippen LogP contribution in [-0.2, 0) is 0 Å². The van der Waals surface area contributed by atoms with E-state index in [1.165, 1.54) is 18.9 Å². The zero-order chi connectivity index (χ0) is 13.8. The Hall–Kier alpha value is -1.46. The number of aromatic carboxylic acids is 1. The third-order valence-electron chi connectivity index (χ3n) is 3.27. The number of carbonyl (C=O) groups is 1. The van der Waals surface area contributed by atoms with Crippen LogP contribution in [0.25, 0.3) is 0 Å². The molecule has 0 radical (unpaired) electrons. The number of likely N-dealkylation sites (tertiary alicyclic amines) is 1. The van der Waals surface area contributed by atoms with Gasteiger partial charge in [0.2, 0.25) is 0 Å². The molecule has 19 heavy (non-hydrogen) atoms. The number of benzene rings is 1. The van der Waals surface area contributed by atoms with Gasteiger partial charge in [0.05, 0.1) is 16.3 Å². The number of hydrogen-bond donors (Lipinski definition) is 3. The van der Waals surface area contributed by atoms with E-state index in [9.17, 15) is 4.79 Å². The molecule has 0 unspecified atom stereocenters. The Labute approximate surface area is 117 Å². The highest BCUT2D eigenvalue weighted by Gasteiger charge is 2.15. The predicted molar refractivity (Wildman–Crippen MR) is 77.0 cm³/mol. The highest BCUT2D eigenvalue weighted by Crippen LogP contribution is 2.29. The summed E-state index contributed by atoms with van der Waals surface area (Å²) in [6, 6.07) is 2.98. The molecule has 2 rings (SSSR count). The number of carboxylic acid groups (broad SMARTS) is 1. The lowest BCUT2D eigenvalue weighted by molar-refractivity contribution is 0.0698. The van der Waals surface area contributed by atoms with Gasteiger partial charge < -0.3 is 21.1 Å². The van der Waals surface area contributed by atoms with Crippen molar-refractivity contribution < 1.29 is 9.90 Å². The summed E-state index contributed by atoms with van der Waals surface area (Å²) in [6.07, 6.45) is 2.48. The van der Waals surface area contributed by atoms with Crippen molar-refractivity contribution in [2.75, 3.05) is 37.2 Å². The first-order valence-corrected chi connectivity index (χ1v) is 6.74. The van der Waals surface area contributed by atoms with Crippen molar-refractivity contribution >= 4 is 28.9 Å². The average molecular weight is 284 g/mol. The summed E-state index contributed by atoms with van der Waals surface area (Å²) in [5, 5.41) is 12.6. The maximum Gasteiger partial charge on any atom is 0.337 e. The summed E-state index contributed by atoms with van der Waals surface area (Å²) in [5.74, 6) is -1.03. The highest BCUT2D eigenvalue weighted by molar-refractivity contribution is 6.34. The normalized spacial score (nSPS) is 15.6. The minimum absolute atomic E-state index is 0.117. The second-order valence-electron chi connectivity index (χ2n) is 4.71. The Kier molecular flexibility index (Phi) is 4.50. The number of rotatable bonds is 5. The summed E-state index contributed by atoms with van der Waals surface area (Å²) in [4.78, 5) is 13.5. The molecule has 1 aliphatic heterocycles. The van der Waals surface area contributed by atoms with Gasteiger partial charge in [-0.2, -0.15) is 0 Å². The van der Waals surface area contributed by atoms with Crippen molar-refractivity contribution in [3.8, 4) is 0 Å². The van der Waals surface area contributed by atoms with Gasteiger partial charge in [-0.3, -0.25) is 0 Å². The van der Waals surface area contributed by atoms with Crippen LogP contribution in [0, 0.1) is 0 Å². The van der Waals surface area contributed by atoms with E-state index in [-0.39, 0.29) is 5.56 Å². The molecular weight excluding hydrogens is 266 g/mol. The van der Waals surface area contributed by atoms with Gasteiger partial charge in [-0.1, -0.05) is 11.6 Å². The first-order valence-electron chi connectivity index (χ1n) is 6.36. The number of nitrogens with one attached hydrogen (secondary N) is 1. The van der Waals surface area contributed by atoms with Crippen LogP contribution in [0.15, 0.2) is 12.1 Å². The SMILES string of the molecule is Nc1cc(Cl)c(NCCN2CCCC2)c(C(=O)O)c1. The number of nitrogens with two attached hydrogens (primary N) is 1. The van der Waals surface area contributed by atoms with Crippen LogP contribution < -0.4 is 11.1 Å². The topological polar surface area (TPSA) is 78.6 Å². The molecule has 1 heterocycles. The Morgan fingerprint density at radius 1 is 1.42 bits per heavy atom. The summed E-state index contributed by atoms with van der Waals surface area (Å²) < 4.78 is 0. The molecule has 0 bridgehead atoms. The van der Waals surface area contributed by atoms with Crippen molar-refractivity contribution in [3.63, 3.8) is 0 Å². The second kappa shape index (κ2) is 6.12. The van der Waals surface area contributed by atoms with Gasteiger partial charge in [0.25, 0.3) is 0 Å². The van der Waals surface area contributed by atoms with Gasteiger partial charge in [-0.05, 0) is 38.1 Å². The molecule has 5 nitrogen and oxygen atoms in total. The molecule has 1 aromatic rings. The van der Waals surface area contributed by atoms with E-state index in [4.69, 9.17) is 22.4 Å². The standard InChI is InChI=1S/C13H18ClN3O2/c14-11-8-9(15)7-10(13(18)19)12(11)16-3-6-17-4-1-2-5-17/h7-8,16H,1-6,15H2,(H,18,19). The molecule has 1 saturated heterocycles. The van der Waals surface area contributed by atoms with E-state index in [0.29, 0.717) is 22.9 Å². The predicted octanol–water partition coefficient (Wildman–Crippen LogP) is 2.13. The Bertz CT molecular complexity index is 473. The van der Waals surface area contributed by atoms with E-state index in [2.05, 4.69) is 10.2 Å². The van der Waals surface area contributed by atoms with Crippen LogP contribution in [0.4, 0.5) is 11.4 Å². The highest BCUT2D eigenvalue weighted by atomic mass is 35.5. The fourth-order valence-corrected chi connectivity index (χ4v) is 2.62. The fourth-order valence-electron chi connectivity index (χ4n) is 2.32. The second-order valence-corrected chi connectivity index (χ2v) is 5.11. The fraction of sp³-hybridized carbons (Fsp3) is 0.462. The maximum absolute atomic E-state index is 11.2. The smallest absolute Gasteiger partial charge is 0.337 e. The van der Waals surface area contributed by atoms with E-state index in [0.717, 1.165) is 19.6 Å². The Morgan fingerprint density at radius 3 is 2.74 bits per heavy atom. The Morgan fingerprint density at radius 2 is 2.11 bits per heavy atom. The summed E-state index contributed by atoms with van der Waals surface area (Å²) in [5.41, 5.74) is 6.53. The summed E-state index contributed by atoms with van der Waals surface area (Å²) in [7, 11) is 0. The van der Waals surface area contributed by atoms with Crippen LogP contribution >= 0.6 is 11.6 Å². The van der Waals surface area contributed by atoms with E-state index >= 15 is 0 Å². The molecule has 1 fully saturated rings. The summed E-state index contributed by atoms with van der Waals surface area (Å²) in [6.45, 7) is 3.79. The van der Waals surface area contributed by atoms with Crippen molar-refractivity contribution in [1.82, 2.24) is 4.90 Å². The van der Waals surface area contributed by atoms with Crippen molar-refractivity contribution in [1.29, 1.82) is 0 Å². The molecule has 104 valence electrons. The van der Waals surface area contributed by atoms with Crippen LogP contribution in [0.2, 0.25) is 5.02 Å². The molecule has 0 spiro atoms. The third kappa shape index (κ3) is 3.52. The summed E-state index contributed by atoms with van der Waals surface area (Å²) >= 11 is 6.05. The maximum atomic E-state index is 11.2. The molecule has 0 aromatic heterocycles. The number of carboxylic acids is 1. The Balaban J connectivity index is 2.03. The van der Waals surface area contributed by atoms with Crippen molar-refractivity contribution in [2.45, 2.75) is 12.8 Å². The van der Waals surface area contributed by atoms with Gasteiger partial charge in [0.15, 0.2) is 0 Å². The molecule has 0 saturated carbocycles. The molecule has 0 atom stereocenters. The lowest BCUT2D eigenvalue weighted by Gasteiger charge is -2.17. The first kappa shape index (κ1) is 14.0. The van der Waals surface area contributed by atoms with Crippen LogP contribution in [0.3, 0.4) is 0 Å². The average Bonchev–Trinajstić information content (AvgIpc) is 2.84. The minimum Gasteiger partial charge on any atom is -0.478 e. The lowest BCUT2D eigenvalue weighted by atomic mass is 10.1. The molecule has 4 N–H and O–H groups in total. The quantitative estimate of drug-likeness (QED) is 0.722. The first-order chi connectivity index (χ1) is 9.08. The number of hydrogen-bond acceptors (Lipinski definition) is 4. The van der Waals surface area contributed by atoms with Gasteiger partial charge in [0.1, 0.15) is 0 Å². The molecule has 1 aliphatic rings. The lowest BCUT2D eigenvalue weighted by Crippen LogP contribution is -2.26. The molecule has 0 amide bonds. The minimum atomic E-state index is -1.03. The van der Waals surface area contributed by atoms with Crippen molar-refractivity contribution in [2.24, 2.45) is 0 Å². The van der Waals surface area contributed by atoms with Gasteiger partial charge in [-0.15, -0.1) is 0 Å². The molecule has 1 aromatic carbocycles. The van der Waals surface area contributed by atoms with Crippen LogP contribution in [0.5, 0.6) is 0 Å².